The summed E-state index contributed by atoms with van der Waals surface area (Å²) >= 11 is 0. The Bertz CT molecular complexity index is 1250. The number of carbonyl (C=O) groups excluding carboxylic acids is 1. The maximum Gasteiger partial charge on any atom is 0.231 e. The van der Waals surface area contributed by atoms with Crippen LogP contribution in [0.3, 0.4) is 0 Å². The van der Waals surface area contributed by atoms with Crippen LogP contribution in [0.2, 0.25) is 0 Å². The maximum absolute atomic E-state index is 12.0. The summed E-state index contributed by atoms with van der Waals surface area (Å²) in [7, 11) is 4.75. The van der Waals surface area contributed by atoms with Crippen LogP contribution in [0.5, 0.6) is 17.2 Å². The lowest BCUT2D eigenvalue weighted by Gasteiger charge is -2.23. The number of benzene rings is 1. The fraction of sp³-hybridized carbons (Fsp3) is 0.556. The highest BCUT2D eigenvalue weighted by atomic mass is 16.5. The molecule has 0 atom stereocenters. The molecule has 1 aliphatic carbocycles. The number of ether oxygens (including phenoxy) is 3. The van der Waals surface area contributed by atoms with Gasteiger partial charge in [0.1, 0.15) is 0 Å². The van der Waals surface area contributed by atoms with Crippen molar-refractivity contribution < 1.29 is 19.0 Å². The van der Waals surface area contributed by atoms with Crippen molar-refractivity contribution in [2.75, 3.05) is 51.6 Å². The summed E-state index contributed by atoms with van der Waals surface area (Å²) in [5.74, 6) is 2.97. The van der Waals surface area contributed by atoms with Gasteiger partial charge in [-0.05, 0) is 25.7 Å². The fourth-order valence-electron chi connectivity index (χ4n) is 5.42. The van der Waals surface area contributed by atoms with Gasteiger partial charge in [-0.3, -0.25) is 4.79 Å². The SMILES string of the molecule is COc1cc(Nc2nc(NCCCN3CCCC3=O)c3ncn(C4CCCCC4)c3n2)cc(OC)c1OC. The topological polar surface area (TPSA) is 116 Å². The lowest BCUT2D eigenvalue weighted by Crippen LogP contribution is -2.27. The van der Waals surface area contributed by atoms with Crippen molar-refractivity contribution >= 4 is 34.5 Å². The molecule has 3 aromatic rings. The normalized spacial score (nSPS) is 16.2. The summed E-state index contributed by atoms with van der Waals surface area (Å²) in [4.78, 5) is 28.3. The zero-order valence-electron chi connectivity index (χ0n) is 22.5. The Hall–Kier alpha value is -3.76. The van der Waals surface area contributed by atoms with Crippen molar-refractivity contribution in [1.82, 2.24) is 24.4 Å². The van der Waals surface area contributed by atoms with Crippen LogP contribution in [0.1, 0.15) is 57.4 Å². The maximum atomic E-state index is 12.0. The van der Waals surface area contributed by atoms with Gasteiger partial charge in [0.25, 0.3) is 0 Å². The molecule has 5 rings (SSSR count). The summed E-state index contributed by atoms with van der Waals surface area (Å²) in [5.41, 5.74) is 2.27. The minimum absolute atomic E-state index is 0.248. The van der Waals surface area contributed by atoms with Crippen LogP contribution >= 0.6 is 0 Å². The summed E-state index contributed by atoms with van der Waals surface area (Å²) < 4.78 is 18.7. The predicted molar refractivity (Wildman–Crippen MR) is 146 cm³/mol. The van der Waals surface area contributed by atoms with E-state index in [2.05, 4.69) is 15.2 Å². The molecule has 0 unspecified atom stereocenters. The number of rotatable bonds is 11. The van der Waals surface area contributed by atoms with Gasteiger partial charge in [0.05, 0.1) is 27.7 Å². The lowest BCUT2D eigenvalue weighted by molar-refractivity contribution is -0.127. The zero-order chi connectivity index (χ0) is 26.5. The van der Waals surface area contributed by atoms with Gasteiger partial charge in [0.15, 0.2) is 28.5 Å². The van der Waals surface area contributed by atoms with Crippen LogP contribution in [0.25, 0.3) is 11.2 Å². The Kier molecular flexibility index (Phi) is 8.00. The number of amides is 1. The molecule has 11 heteroatoms. The second-order valence-electron chi connectivity index (χ2n) is 9.82. The van der Waals surface area contributed by atoms with Crippen molar-refractivity contribution in [2.24, 2.45) is 0 Å². The number of anilines is 3. The molecule has 2 aliphatic rings. The first kappa shape index (κ1) is 25.9. The van der Waals surface area contributed by atoms with E-state index in [1.54, 1.807) is 21.3 Å². The summed E-state index contributed by atoms with van der Waals surface area (Å²) in [6.07, 6.45) is 10.3. The first-order valence-corrected chi connectivity index (χ1v) is 13.4. The molecule has 1 aliphatic heterocycles. The summed E-state index contributed by atoms with van der Waals surface area (Å²) in [6, 6.07) is 4.03. The Morgan fingerprint density at radius 1 is 1.00 bits per heavy atom. The number of hydrogen-bond donors (Lipinski definition) is 2. The van der Waals surface area contributed by atoms with Crippen LogP contribution in [-0.4, -0.2) is 71.3 Å². The quantitative estimate of drug-likeness (QED) is 0.350. The van der Waals surface area contributed by atoms with Crippen molar-refractivity contribution in [1.29, 1.82) is 0 Å². The first-order chi connectivity index (χ1) is 18.6. The van der Waals surface area contributed by atoms with Crippen LogP contribution in [-0.2, 0) is 4.79 Å². The minimum atomic E-state index is 0.248. The average Bonchev–Trinajstić information content (AvgIpc) is 3.56. The van der Waals surface area contributed by atoms with E-state index in [4.69, 9.17) is 29.2 Å². The van der Waals surface area contributed by atoms with E-state index in [-0.39, 0.29) is 5.91 Å². The molecule has 11 nitrogen and oxygen atoms in total. The molecular formula is C27H37N7O4. The lowest BCUT2D eigenvalue weighted by atomic mass is 9.95. The van der Waals surface area contributed by atoms with Gasteiger partial charge in [-0.25, -0.2) is 4.98 Å². The van der Waals surface area contributed by atoms with Crippen molar-refractivity contribution in [3.05, 3.63) is 18.5 Å². The van der Waals surface area contributed by atoms with E-state index in [9.17, 15) is 4.79 Å². The number of likely N-dealkylation sites (tertiary alicyclic amines) is 1. The molecule has 1 aromatic carbocycles. The van der Waals surface area contributed by atoms with Crippen LogP contribution < -0.4 is 24.8 Å². The van der Waals surface area contributed by atoms with Crippen LogP contribution in [0.15, 0.2) is 18.5 Å². The van der Waals surface area contributed by atoms with Gasteiger partial charge in [0, 0.05) is 49.9 Å². The number of carbonyl (C=O) groups is 1. The van der Waals surface area contributed by atoms with E-state index in [0.717, 1.165) is 49.9 Å². The fourth-order valence-corrected chi connectivity index (χ4v) is 5.42. The molecule has 2 aromatic heterocycles. The van der Waals surface area contributed by atoms with Gasteiger partial charge in [0.2, 0.25) is 17.6 Å². The summed E-state index contributed by atoms with van der Waals surface area (Å²) in [5, 5.41) is 6.78. The van der Waals surface area contributed by atoms with Crippen molar-refractivity contribution in [3.63, 3.8) is 0 Å². The van der Waals surface area contributed by atoms with Crippen LogP contribution in [0.4, 0.5) is 17.5 Å². The highest BCUT2D eigenvalue weighted by molar-refractivity contribution is 5.85. The number of fused-ring (bicyclic) bond motifs is 1. The van der Waals surface area contributed by atoms with Gasteiger partial charge in [-0.1, -0.05) is 19.3 Å². The summed E-state index contributed by atoms with van der Waals surface area (Å²) in [6.45, 7) is 2.27. The standard InChI is InChI=1S/C27H37N7O4/c1-36-20-15-18(16-21(37-2)24(20)38-3)30-27-31-25(28-12-8-14-33-13-7-11-22(33)35)23-26(32-27)34(17-29-23)19-9-5-4-6-10-19/h15-17,19H,4-14H2,1-3H3,(H2,28,30,31,32). The third kappa shape index (κ3) is 5.41. The highest BCUT2D eigenvalue weighted by Gasteiger charge is 2.22. The van der Waals surface area contributed by atoms with Crippen molar-refractivity contribution in [2.45, 2.75) is 57.4 Å². The monoisotopic (exact) mass is 523 g/mol. The van der Waals surface area contributed by atoms with Crippen LogP contribution in [0, 0.1) is 0 Å². The molecule has 1 amide bonds. The average molecular weight is 524 g/mol. The first-order valence-electron chi connectivity index (χ1n) is 13.4. The van der Waals surface area contributed by atoms with Gasteiger partial charge in [-0.2, -0.15) is 9.97 Å². The predicted octanol–water partition coefficient (Wildman–Crippen LogP) is 4.53. The van der Waals surface area contributed by atoms with E-state index < -0.39 is 0 Å². The smallest absolute Gasteiger partial charge is 0.231 e. The van der Waals surface area contributed by atoms with Gasteiger partial charge < -0.3 is 34.3 Å². The molecule has 1 saturated carbocycles. The molecule has 1 saturated heterocycles. The zero-order valence-corrected chi connectivity index (χ0v) is 22.5. The molecule has 0 bridgehead atoms. The van der Waals surface area contributed by atoms with Crippen molar-refractivity contribution in [3.8, 4) is 17.2 Å². The molecule has 0 radical (unpaired) electrons. The molecule has 3 heterocycles. The molecule has 0 spiro atoms. The molecule has 38 heavy (non-hydrogen) atoms. The molecule has 204 valence electrons. The third-order valence-corrected chi connectivity index (χ3v) is 7.38. The Morgan fingerprint density at radius 3 is 2.42 bits per heavy atom. The number of nitrogens with one attached hydrogen (secondary N) is 2. The molecule has 2 fully saturated rings. The second kappa shape index (κ2) is 11.7. The van der Waals surface area contributed by atoms with E-state index >= 15 is 0 Å². The van der Waals surface area contributed by atoms with E-state index in [1.807, 2.05) is 23.4 Å². The number of nitrogens with zero attached hydrogens (tertiary/aromatic N) is 5. The Labute approximate surface area is 222 Å². The number of methoxy groups -OCH3 is 3. The largest absolute Gasteiger partial charge is 0.493 e. The second-order valence-corrected chi connectivity index (χ2v) is 9.82. The third-order valence-electron chi connectivity index (χ3n) is 7.38. The minimum Gasteiger partial charge on any atom is -0.493 e. The number of aromatic nitrogens is 4. The Balaban J connectivity index is 1.43. The Morgan fingerprint density at radius 2 is 1.76 bits per heavy atom. The molecule has 2 N–H and O–H groups in total. The molecular weight excluding hydrogens is 486 g/mol. The van der Waals surface area contributed by atoms with E-state index in [1.165, 1.54) is 19.3 Å². The highest BCUT2D eigenvalue weighted by Crippen LogP contribution is 2.40. The van der Waals surface area contributed by atoms with Gasteiger partial charge >= 0.3 is 0 Å². The van der Waals surface area contributed by atoms with Gasteiger partial charge in [-0.15, -0.1) is 0 Å². The number of imidazole rings is 1. The van der Waals surface area contributed by atoms with E-state index in [0.29, 0.717) is 53.7 Å². The number of hydrogen-bond acceptors (Lipinski definition) is 9.